The average Bonchev–Trinajstić information content (AvgIpc) is 2.76. The molecule has 2 nitrogen and oxygen atoms in total. The van der Waals surface area contributed by atoms with Crippen LogP contribution in [0.5, 0.6) is 0 Å². The van der Waals surface area contributed by atoms with Crippen molar-refractivity contribution >= 4 is 5.78 Å². The summed E-state index contributed by atoms with van der Waals surface area (Å²) in [5.74, 6) is 0.971. The number of carbonyl (C=O) groups excluding carboxylic acids is 1. The van der Waals surface area contributed by atoms with E-state index in [2.05, 4.69) is 6.92 Å². The molecule has 0 amide bonds. The summed E-state index contributed by atoms with van der Waals surface area (Å²) >= 11 is 0. The van der Waals surface area contributed by atoms with Crippen molar-refractivity contribution in [3.8, 4) is 0 Å². The number of ether oxygens (including phenoxy) is 1. The molecule has 0 N–H and O–H groups in total. The van der Waals surface area contributed by atoms with E-state index in [-0.39, 0.29) is 0 Å². The van der Waals surface area contributed by atoms with Crippen molar-refractivity contribution in [3.05, 3.63) is 0 Å². The summed E-state index contributed by atoms with van der Waals surface area (Å²) in [5, 5.41) is 0. The van der Waals surface area contributed by atoms with Gasteiger partial charge in [-0.05, 0) is 18.8 Å². The molecule has 0 aromatic heterocycles. The van der Waals surface area contributed by atoms with Crippen molar-refractivity contribution in [2.75, 3.05) is 13.2 Å². The number of hydrogen-bond donors (Lipinski definition) is 0. The molecule has 16 heavy (non-hydrogen) atoms. The first-order valence-corrected chi connectivity index (χ1v) is 6.92. The summed E-state index contributed by atoms with van der Waals surface area (Å²) in [6, 6.07) is 0. The fourth-order valence-electron chi connectivity index (χ4n) is 2.27. The maximum Gasteiger partial charge on any atom is 0.133 e. The van der Waals surface area contributed by atoms with Gasteiger partial charge in [0.2, 0.25) is 0 Å². The lowest BCUT2D eigenvalue weighted by Crippen LogP contribution is -2.08. The van der Waals surface area contributed by atoms with Crippen LogP contribution in [0.2, 0.25) is 0 Å². The summed E-state index contributed by atoms with van der Waals surface area (Å²) in [6.07, 6.45) is 10.2. The highest BCUT2D eigenvalue weighted by Crippen LogP contribution is 2.18. The first-order chi connectivity index (χ1) is 7.83. The predicted molar refractivity (Wildman–Crippen MR) is 66.5 cm³/mol. The molecule has 1 unspecified atom stereocenters. The number of hydrogen-bond acceptors (Lipinski definition) is 2. The van der Waals surface area contributed by atoms with E-state index in [1.807, 2.05) is 0 Å². The van der Waals surface area contributed by atoms with Crippen LogP contribution in [0, 0.1) is 5.92 Å². The van der Waals surface area contributed by atoms with Crippen molar-refractivity contribution < 1.29 is 9.53 Å². The van der Waals surface area contributed by atoms with E-state index in [9.17, 15) is 4.79 Å². The fourth-order valence-corrected chi connectivity index (χ4v) is 2.27. The molecule has 1 aliphatic heterocycles. The molecule has 0 aromatic rings. The van der Waals surface area contributed by atoms with Gasteiger partial charge >= 0.3 is 0 Å². The highest BCUT2D eigenvalue weighted by atomic mass is 16.5. The molecule has 0 aliphatic carbocycles. The van der Waals surface area contributed by atoms with Gasteiger partial charge in [-0.25, -0.2) is 0 Å². The molecule has 0 spiro atoms. The second kappa shape index (κ2) is 8.74. The topological polar surface area (TPSA) is 26.3 Å². The first-order valence-electron chi connectivity index (χ1n) is 6.92. The average molecular weight is 226 g/mol. The zero-order valence-electron chi connectivity index (χ0n) is 10.7. The van der Waals surface area contributed by atoms with Gasteiger partial charge in [0.05, 0.1) is 0 Å². The van der Waals surface area contributed by atoms with E-state index in [1.54, 1.807) is 0 Å². The second-order valence-corrected chi connectivity index (χ2v) is 4.99. The zero-order valence-corrected chi connectivity index (χ0v) is 10.7. The van der Waals surface area contributed by atoms with Crippen molar-refractivity contribution in [1.82, 2.24) is 0 Å². The van der Waals surface area contributed by atoms with Crippen LogP contribution in [-0.4, -0.2) is 19.0 Å². The lowest BCUT2D eigenvalue weighted by atomic mass is 9.98. The van der Waals surface area contributed by atoms with E-state index < -0.39 is 0 Å². The van der Waals surface area contributed by atoms with Crippen LogP contribution in [0.15, 0.2) is 0 Å². The quantitative estimate of drug-likeness (QED) is 0.560. The molecule has 1 saturated heterocycles. The van der Waals surface area contributed by atoms with Gasteiger partial charge in [-0.15, -0.1) is 0 Å². The Hall–Kier alpha value is -0.370. The number of rotatable bonds is 9. The van der Waals surface area contributed by atoms with Crippen LogP contribution in [-0.2, 0) is 9.53 Å². The van der Waals surface area contributed by atoms with Crippen LogP contribution >= 0.6 is 0 Å². The third-order valence-electron chi connectivity index (χ3n) is 3.35. The molecule has 0 aromatic carbocycles. The number of unbranched alkanes of at least 4 members (excludes halogenated alkanes) is 5. The summed E-state index contributed by atoms with van der Waals surface area (Å²) in [7, 11) is 0. The third-order valence-corrected chi connectivity index (χ3v) is 3.35. The third kappa shape index (κ3) is 6.26. The number of carbonyl (C=O) groups is 1. The first kappa shape index (κ1) is 13.7. The van der Waals surface area contributed by atoms with Gasteiger partial charge in [-0.3, -0.25) is 4.79 Å². The Morgan fingerprint density at radius 2 is 1.94 bits per heavy atom. The Bertz CT molecular complexity index is 183. The monoisotopic (exact) mass is 226 g/mol. The van der Waals surface area contributed by atoms with Crippen LogP contribution in [0.3, 0.4) is 0 Å². The SMILES string of the molecule is CCCCCCCCC(=O)CC1CCOC1. The smallest absolute Gasteiger partial charge is 0.133 e. The van der Waals surface area contributed by atoms with E-state index in [0.29, 0.717) is 11.7 Å². The maximum atomic E-state index is 11.6. The normalized spacial score (nSPS) is 20.2. The molecule has 2 heteroatoms. The minimum Gasteiger partial charge on any atom is -0.381 e. The van der Waals surface area contributed by atoms with Gasteiger partial charge in [-0.2, -0.15) is 0 Å². The van der Waals surface area contributed by atoms with E-state index >= 15 is 0 Å². The van der Waals surface area contributed by atoms with Gasteiger partial charge in [0.1, 0.15) is 5.78 Å². The molecule has 1 rings (SSSR count). The molecule has 1 atom stereocenters. The lowest BCUT2D eigenvalue weighted by Gasteiger charge is -2.06. The molecule has 94 valence electrons. The standard InChI is InChI=1S/C14H26O2/c1-2-3-4-5-6-7-8-14(15)11-13-9-10-16-12-13/h13H,2-12H2,1H3. The van der Waals surface area contributed by atoms with Crippen LogP contribution in [0.25, 0.3) is 0 Å². The van der Waals surface area contributed by atoms with E-state index in [0.717, 1.165) is 38.9 Å². The largest absolute Gasteiger partial charge is 0.381 e. The highest BCUT2D eigenvalue weighted by Gasteiger charge is 2.18. The maximum absolute atomic E-state index is 11.6. The fraction of sp³-hybridized carbons (Fsp3) is 0.929. The molecule has 0 bridgehead atoms. The number of Topliss-reactive ketones (excluding diaryl/α,β-unsaturated/α-hetero) is 1. The molecule has 1 heterocycles. The summed E-state index contributed by atoms with van der Waals surface area (Å²) in [6.45, 7) is 3.89. The van der Waals surface area contributed by atoms with Crippen molar-refractivity contribution in [3.63, 3.8) is 0 Å². The summed E-state index contributed by atoms with van der Waals surface area (Å²) in [4.78, 5) is 11.6. The minimum atomic E-state index is 0.450. The van der Waals surface area contributed by atoms with Crippen molar-refractivity contribution in [2.24, 2.45) is 5.92 Å². The van der Waals surface area contributed by atoms with Crippen LogP contribution in [0.1, 0.15) is 64.7 Å². The van der Waals surface area contributed by atoms with Crippen molar-refractivity contribution in [1.29, 1.82) is 0 Å². The zero-order chi connectivity index (χ0) is 11.6. The Morgan fingerprint density at radius 3 is 2.62 bits per heavy atom. The molecular formula is C14H26O2. The number of ketones is 1. The van der Waals surface area contributed by atoms with Gasteiger partial charge in [-0.1, -0.05) is 39.0 Å². The molecule has 1 aliphatic rings. The van der Waals surface area contributed by atoms with E-state index in [1.165, 1.54) is 32.1 Å². The predicted octanol–water partition coefficient (Wildman–Crippen LogP) is 3.73. The summed E-state index contributed by atoms with van der Waals surface area (Å²) < 4.78 is 5.28. The van der Waals surface area contributed by atoms with Crippen LogP contribution < -0.4 is 0 Å². The molecule has 0 radical (unpaired) electrons. The van der Waals surface area contributed by atoms with Gasteiger partial charge in [0, 0.05) is 26.1 Å². The second-order valence-electron chi connectivity index (χ2n) is 4.99. The molecular weight excluding hydrogens is 200 g/mol. The van der Waals surface area contributed by atoms with Crippen LogP contribution in [0.4, 0.5) is 0 Å². The Balaban J connectivity index is 1.89. The van der Waals surface area contributed by atoms with Gasteiger partial charge < -0.3 is 4.74 Å². The Morgan fingerprint density at radius 1 is 1.19 bits per heavy atom. The highest BCUT2D eigenvalue weighted by molar-refractivity contribution is 5.78. The lowest BCUT2D eigenvalue weighted by molar-refractivity contribution is -0.120. The van der Waals surface area contributed by atoms with Gasteiger partial charge in [0.25, 0.3) is 0 Å². The summed E-state index contributed by atoms with van der Waals surface area (Å²) in [5.41, 5.74) is 0. The Kier molecular flexibility index (Phi) is 7.48. The minimum absolute atomic E-state index is 0.450. The molecule has 0 saturated carbocycles. The molecule has 1 fully saturated rings. The van der Waals surface area contributed by atoms with Gasteiger partial charge in [0.15, 0.2) is 0 Å². The van der Waals surface area contributed by atoms with E-state index in [4.69, 9.17) is 4.74 Å². The Labute approximate surface area is 99.8 Å². The van der Waals surface area contributed by atoms with Crippen molar-refractivity contribution in [2.45, 2.75) is 64.7 Å².